The summed E-state index contributed by atoms with van der Waals surface area (Å²) < 4.78 is 14.3. The Labute approximate surface area is 151 Å². The topological polar surface area (TPSA) is 84.0 Å². The van der Waals surface area contributed by atoms with Gasteiger partial charge < -0.3 is 10.3 Å². The Kier molecular flexibility index (Phi) is 4.73. The van der Waals surface area contributed by atoms with Gasteiger partial charge >= 0.3 is 5.69 Å². The van der Waals surface area contributed by atoms with E-state index in [2.05, 4.69) is 10.3 Å². The Bertz CT molecular complexity index is 1100. The van der Waals surface area contributed by atoms with Crippen LogP contribution in [-0.4, -0.2) is 15.5 Å². The summed E-state index contributed by atoms with van der Waals surface area (Å²) in [4.78, 5) is 39.4. The van der Waals surface area contributed by atoms with Gasteiger partial charge in [-0.25, -0.2) is 13.8 Å². The first-order chi connectivity index (χ1) is 12.4. The number of nitrogens with zero attached hydrogens (tertiary/aromatic N) is 1. The molecule has 0 fully saturated rings. The lowest BCUT2D eigenvalue weighted by Gasteiger charge is -2.09. The molecule has 0 aliphatic rings. The van der Waals surface area contributed by atoms with E-state index in [1.54, 1.807) is 24.3 Å². The third kappa shape index (κ3) is 3.43. The molecular formula is C18H13ClFN3O3. The van der Waals surface area contributed by atoms with Gasteiger partial charge in [0.05, 0.1) is 10.7 Å². The standard InChI is InChI=1S/C18H13ClFN3O3/c1-10-2-5-12(6-3-10)23-17(25)13(9-21-18(23)26)16(24)22-11-4-7-14(19)15(20)8-11/h2-9H,1H3,(H,21,26)(H,22,24). The van der Waals surface area contributed by atoms with Crippen molar-refractivity contribution in [1.29, 1.82) is 0 Å². The molecule has 1 heterocycles. The van der Waals surface area contributed by atoms with Crippen LogP contribution < -0.4 is 16.6 Å². The van der Waals surface area contributed by atoms with Crippen molar-refractivity contribution in [1.82, 2.24) is 9.55 Å². The largest absolute Gasteiger partial charge is 0.333 e. The van der Waals surface area contributed by atoms with E-state index >= 15 is 0 Å². The lowest BCUT2D eigenvalue weighted by Crippen LogP contribution is -2.38. The van der Waals surface area contributed by atoms with Crippen LogP contribution >= 0.6 is 11.6 Å². The highest BCUT2D eigenvalue weighted by Crippen LogP contribution is 2.19. The zero-order valence-electron chi connectivity index (χ0n) is 13.5. The minimum atomic E-state index is -0.787. The fourth-order valence-corrected chi connectivity index (χ4v) is 2.45. The van der Waals surface area contributed by atoms with Gasteiger partial charge in [-0.15, -0.1) is 0 Å². The van der Waals surface area contributed by atoms with Gasteiger partial charge in [0.25, 0.3) is 11.5 Å². The second-order valence-electron chi connectivity index (χ2n) is 5.57. The zero-order chi connectivity index (χ0) is 18.8. The average molecular weight is 374 g/mol. The van der Waals surface area contributed by atoms with Crippen molar-refractivity contribution in [3.8, 4) is 5.69 Å². The van der Waals surface area contributed by atoms with Crippen molar-refractivity contribution in [2.45, 2.75) is 6.92 Å². The van der Waals surface area contributed by atoms with Gasteiger partial charge in [-0.3, -0.25) is 9.59 Å². The van der Waals surface area contributed by atoms with Crippen molar-refractivity contribution in [3.63, 3.8) is 0 Å². The molecular weight excluding hydrogens is 361 g/mol. The number of amides is 1. The number of aromatic nitrogens is 2. The Morgan fingerprint density at radius 3 is 2.50 bits per heavy atom. The molecule has 0 spiro atoms. The van der Waals surface area contributed by atoms with Gasteiger partial charge in [-0.1, -0.05) is 29.3 Å². The summed E-state index contributed by atoms with van der Waals surface area (Å²) in [5.41, 5.74) is -0.340. The van der Waals surface area contributed by atoms with Gasteiger partial charge in [-0.2, -0.15) is 0 Å². The van der Waals surface area contributed by atoms with Crippen LogP contribution in [0.15, 0.2) is 58.3 Å². The van der Waals surface area contributed by atoms with E-state index < -0.39 is 23.0 Å². The van der Waals surface area contributed by atoms with Gasteiger partial charge in [0.1, 0.15) is 11.4 Å². The van der Waals surface area contributed by atoms with E-state index in [0.29, 0.717) is 5.69 Å². The molecule has 1 amide bonds. The van der Waals surface area contributed by atoms with E-state index in [1.165, 1.54) is 12.1 Å². The van der Waals surface area contributed by atoms with Crippen molar-refractivity contribution < 1.29 is 9.18 Å². The molecule has 1 aromatic heterocycles. The summed E-state index contributed by atoms with van der Waals surface area (Å²) in [7, 11) is 0. The fraction of sp³-hybridized carbons (Fsp3) is 0.0556. The number of aryl methyl sites for hydroxylation is 1. The quantitative estimate of drug-likeness (QED) is 0.740. The number of benzene rings is 2. The summed E-state index contributed by atoms with van der Waals surface area (Å²) in [5.74, 6) is -1.49. The SMILES string of the molecule is Cc1ccc(-n2c(=O)[nH]cc(C(=O)Nc3ccc(Cl)c(F)c3)c2=O)cc1. The summed E-state index contributed by atoms with van der Waals surface area (Å²) in [6, 6.07) is 10.4. The number of hydrogen-bond acceptors (Lipinski definition) is 3. The number of H-pyrrole nitrogens is 1. The Balaban J connectivity index is 2.00. The predicted octanol–water partition coefficient (Wildman–Crippen LogP) is 2.88. The minimum absolute atomic E-state index is 0.0891. The molecule has 0 aliphatic heterocycles. The van der Waals surface area contributed by atoms with Crippen LogP contribution in [-0.2, 0) is 0 Å². The first-order valence-electron chi connectivity index (χ1n) is 7.55. The van der Waals surface area contributed by atoms with E-state index in [4.69, 9.17) is 11.6 Å². The highest BCUT2D eigenvalue weighted by molar-refractivity contribution is 6.30. The molecule has 0 aliphatic carbocycles. The lowest BCUT2D eigenvalue weighted by atomic mass is 10.2. The van der Waals surface area contributed by atoms with Crippen LogP contribution in [0.25, 0.3) is 5.69 Å². The van der Waals surface area contributed by atoms with Gasteiger partial charge in [0.2, 0.25) is 0 Å². The molecule has 6 nitrogen and oxygen atoms in total. The number of carbonyl (C=O) groups is 1. The molecule has 3 aromatic rings. The summed E-state index contributed by atoms with van der Waals surface area (Å²) in [6.07, 6.45) is 1.02. The normalized spacial score (nSPS) is 10.6. The molecule has 26 heavy (non-hydrogen) atoms. The van der Waals surface area contributed by atoms with Crippen LogP contribution in [0, 0.1) is 12.7 Å². The second-order valence-corrected chi connectivity index (χ2v) is 5.97. The van der Waals surface area contributed by atoms with E-state index in [0.717, 1.165) is 22.4 Å². The Hall–Kier alpha value is -3.19. The number of rotatable bonds is 3. The fourth-order valence-electron chi connectivity index (χ4n) is 2.34. The van der Waals surface area contributed by atoms with Gasteiger partial charge in [0, 0.05) is 11.9 Å². The van der Waals surface area contributed by atoms with Gasteiger partial charge in [0.15, 0.2) is 0 Å². The third-order valence-electron chi connectivity index (χ3n) is 3.69. The summed E-state index contributed by atoms with van der Waals surface area (Å²) in [5, 5.41) is 2.31. The van der Waals surface area contributed by atoms with E-state index in [1.807, 2.05) is 6.92 Å². The predicted molar refractivity (Wildman–Crippen MR) is 96.8 cm³/mol. The maximum atomic E-state index is 13.5. The molecule has 0 saturated carbocycles. The van der Waals surface area contributed by atoms with Crippen LogP contribution in [0.4, 0.5) is 10.1 Å². The zero-order valence-corrected chi connectivity index (χ0v) is 14.3. The van der Waals surface area contributed by atoms with Crippen LogP contribution in [0.2, 0.25) is 5.02 Å². The molecule has 0 bridgehead atoms. The first-order valence-corrected chi connectivity index (χ1v) is 7.93. The molecule has 0 unspecified atom stereocenters. The highest BCUT2D eigenvalue weighted by atomic mass is 35.5. The maximum absolute atomic E-state index is 13.5. The average Bonchev–Trinajstić information content (AvgIpc) is 2.60. The number of halogens is 2. The molecule has 0 saturated heterocycles. The van der Waals surface area contributed by atoms with Crippen LogP contribution in [0.1, 0.15) is 15.9 Å². The summed E-state index contributed by atoms with van der Waals surface area (Å²) >= 11 is 5.60. The van der Waals surface area contributed by atoms with Crippen molar-refractivity contribution in [2.75, 3.05) is 5.32 Å². The molecule has 2 N–H and O–H groups in total. The first kappa shape index (κ1) is 17.6. The molecule has 0 radical (unpaired) electrons. The maximum Gasteiger partial charge on any atom is 0.333 e. The second kappa shape index (κ2) is 6.97. The van der Waals surface area contributed by atoms with Crippen LogP contribution in [0.5, 0.6) is 0 Å². The monoisotopic (exact) mass is 373 g/mol. The van der Waals surface area contributed by atoms with Crippen molar-refractivity contribution >= 4 is 23.2 Å². The number of nitrogens with one attached hydrogen (secondary N) is 2. The molecule has 0 atom stereocenters. The summed E-state index contributed by atoms with van der Waals surface area (Å²) in [6.45, 7) is 1.87. The van der Waals surface area contributed by atoms with Crippen LogP contribution in [0.3, 0.4) is 0 Å². The third-order valence-corrected chi connectivity index (χ3v) is 4.00. The number of aromatic amines is 1. The number of carbonyl (C=O) groups excluding carboxylic acids is 1. The van der Waals surface area contributed by atoms with E-state index in [-0.39, 0.29) is 16.3 Å². The number of hydrogen-bond donors (Lipinski definition) is 2. The molecule has 132 valence electrons. The van der Waals surface area contributed by atoms with Gasteiger partial charge in [-0.05, 0) is 37.3 Å². The molecule has 2 aromatic carbocycles. The lowest BCUT2D eigenvalue weighted by molar-refractivity contribution is 0.102. The smallest absolute Gasteiger partial charge is 0.322 e. The molecule has 8 heteroatoms. The molecule has 3 rings (SSSR count). The van der Waals surface area contributed by atoms with Crippen molar-refractivity contribution in [2.24, 2.45) is 0 Å². The minimum Gasteiger partial charge on any atom is -0.322 e. The Morgan fingerprint density at radius 2 is 1.85 bits per heavy atom. The van der Waals surface area contributed by atoms with Crippen molar-refractivity contribution in [3.05, 3.63) is 91.5 Å². The number of anilines is 1. The Morgan fingerprint density at radius 1 is 1.15 bits per heavy atom. The van der Waals surface area contributed by atoms with E-state index in [9.17, 15) is 18.8 Å². The highest BCUT2D eigenvalue weighted by Gasteiger charge is 2.16.